The fraction of sp³-hybridized carbons (Fsp3) is 0.700. The Kier molecular flexibility index (Phi) is 4.16. The van der Waals surface area contributed by atoms with Crippen molar-refractivity contribution in [3.8, 4) is 0 Å². The van der Waals surface area contributed by atoms with Crippen molar-refractivity contribution in [1.82, 2.24) is 14.8 Å². The van der Waals surface area contributed by atoms with E-state index in [1.165, 1.54) is 0 Å². The number of hydrogen-bond donors (Lipinski definition) is 3. The van der Waals surface area contributed by atoms with Gasteiger partial charge in [-0.15, -0.1) is 0 Å². The standard InChI is InChI=1S/C10H12F3N3O5/c11-10(12,13)2-4-8(19)14-9(20)16(15-4)7-1-5(18)6(3-17)21-7/h5-7,17-18H,1-3H2,(H,14,19,20)/t5-,6-,7?/m1/s1. The Hall–Kier alpha value is -1.72. The second kappa shape index (κ2) is 5.58. The summed E-state index contributed by atoms with van der Waals surface area (Å²) in [6.07, 6.45) is -9.62. The molecule has 1 unspecified atom stereocenters. The number of rotatable bonds is 3. The van der Waals surface area contributed by atoms with Crippen LogP contribution in [0.15, 0.2) is 9.59 Å². The molecule has 2 heterocycles. The fourth-order valence-corrected chi connectivity index (χ4v) is 1.98. The van der Waals surface area contributed by atoms with Crippen molar-refractivity contribution in [2.45, 2.75) is 37.5 Å². The van der Waals surface area contributed by atoms with Crippen LogP contribution in [0, 0.1) is 0 Å². The van der Waals surface area contributed by atoms with Gasteiger partial charge in [-0.1, -0.05) is 0 Å². The Morgan fingerprint density at radius 3 is 2.62 bits per heavy atom. The maximum atomic E-state index is 12.3. The molecule has 21 heavy (non-hydrogen) atoms. The van der Waals surface area contributed by atoms with Crippen LogP contribution >= 0.6 is 0 Å². The van der Waals surface area contributed by atoms with E-state index < -0.39 is 54.6 Å². The third-order valence-corrected chi connectivity index (χ3v) is 2.94. The summed E-state index contributed by atoms with van der Waals surface area (Å²) in [7, 11) is 0. The molecule has 1 fully saturated rings. The summed E-state index contributed by atoms with van der Waals surface area (Å²) in [6, 6.07) is 0. The van der Waals surface area contributed by atoms with Gasteiger partial charge in [0.05, 0.1) is 19.1 Å². The van der Waals surface area contributed by atoms with Crippen LogP contribution in [0.1, 0.15) is 18.3 Å². The summed E-state index contributed by atoms with van der Waals surface area (Å²) < 4.78 is 42.6. The number of hydrogen-bond acceptors (Lipinski definition) is 6. The SMILES string of the molecule is O=c1[nH]c(=O)n(C2C[C@@H](O)[C@@H](CO)O2)nc1CC(F)(F)F. The first-order chi connectivity index (χ1) is 9.71. The maximum absolute atomic E-state index is 12.3. The predicted molar refractivity (Wildman–Crippen MR) is 60.5 cm³/mol. The van der Waals surface area contributed by atoms with Crippen LogP contribution in [0.4, 0.5) is 13.2 Å². The molecule has 2 rings (SSSR count). The minimum Gasteiger partial charge on any atom is -0.394 e. The zero-order chi connectivity index (χ0) is 15.8. The lowest BCUT2D eigenvalue weighted by Crippen LogP contribution is -2.38. The van der Waals surface area contributed by atoms with Crippen LogP contribution < -0.4 is 11.2 Å². The lowest BCUT2D eigenvalue weighted by Gasteiger charge is -2.14. The van der Waals surface area contributed by atoms with E-state index in [-0.39, 0.29) is 6.42 Å². The summed E-state index contributed by atoms with van der Waals surface area (Å²) in [4.78, 5) is 24.6. The van der Waals surface area contributed by atoms with Gasteiger partial charge in [0, 0.05) is 6.42 Å². The largest absolute Gasteiger partial charge is 0.394 e. The number of aliphatic hydroxyl groups excluding tert-OH is 2. The summed E-state index contributed by atoms with van der Waals surface area (Å²) >= 11 is 0. The fourth-order valence-electron chi connectivity index (χ4n) is 1.98. The summed E-state index contributed by atoms with van der Waals surface area (Å²) in [5.74, 6) is 0. The smallest absolute Gasteiger partial charge is 0.394 e. The minimum absolute atomic E-state index is 0.143. The summed E-state index contributed by atoms with van der Waals surface area (Å²) in [5, 5.41) is 21.8. The molecule has 1 aliphatic rings. The second-order valence-corrected chi connectivity index (χ2v) is 4.56. The van der Waals surface area contributed by atoms with E-state index >= 15 is 0 Å². The van der Waals surface area contributed by atoms with E-state index in [2.05, 4.69) is 5.10 Å². The zero-order valence-electron chi connectivity index (χ0n) is 10.5. The third-order valence-electron chi connectivity index (χ3n) is 2.94. The highest BCUT2D eigenvalue weighted by Gasteiger charge is 2.37. The topological polar surface area (TPSA) is 117 Å². The molecular weight excluding hydrogens is 299 g/mol. The minimum atomic E-state index is -4.66. The number of aromatic nitrogens is 3. The van der Waals surface area contributed by atoms with Gasteiger partial charge < -0.3 is 14.9 Å². The molecule has 1 aromatic rings. The Balaban J connectivity index is 2.35. The third kappa shape index (κ3) is 3.49. The molecule has 0 aliphatic carbocycles. The van der Waals surface area contributed by atoms with Crippen molar-refractivity contribution >= 4 is 0 Å². The molecule has 3 N–H and O–H groups in total. The average molecular weight is 311 g/mol. The molecule has 8 nitrogen and oxygen atoms in total. The monoisotopic (exact) mass is 311 g/mol. The Labute approximate surface area is 114 Å². The van der Waals surface area contributed by atoms with Gasteiger partial charge in [-0.2, -0.15) is 23.0 Å². The molecule has 3 atom stereocenters. The molecule has 0 amide bonds. The van der Waals surface area contributed by atoms with Gasteiger partial charge in [-0.25, -0.2) is 4.79 Å². The highest BCUT2D eigenvalue weighted by Crippen LogP contribution is 2.26. The van der Waals surface area contributed by atoms with Gasteiger partial charge in [0.25, 0.3) is 5.56 Å². The number of halogens is 3. The van der Waals surface area contributed by atoms with E-state index in [1.54, 1.807) is 4.98 Å². The predicted octanol–water partition coefficient (Wildman–Crippen LogP) is -1.32. The van der Waals surface area contributed by atoms with E-state index in [0.29, 0.717) is 4.68 Å². The summed E-state index contributed by atoms with van der Waals surface area (Å²) in [6.45, 7) is -0.523. The van der Waals surface area contributed by atoms with Crippen molar-refractivity contribution < 1.29 is 28.1 Å². The number of alkyl halides is 3. The highest BCUT2D eigenvalue weighted by molar-refractivity contribution is 4.96. The van der Waals surface area contributed by atoms with Crippen molar-refractivity contribution in [1.29, 1.82) is 0 Å². The van der Waals surface area contributed by atoms with Crippen LogP contribution in [0.5, 0.6) is 0 Å². The second-order valence-electron chi connectivity index (χ2n) is 4.56. The highest BCUT2D eigenvalue weighted by atomic mass is 19.4. The van der Waals surface area contributed by atoms with Gasteiger partial charge in [0.15, 0.2) is 6.23 Å². The molecule has 11 heteroatoms. The maximum Gasteiger partial charge on any atom is 0.394 e. The van der Waals surface area contributed by atoms with Crippen LogP contribution in [-0.2, 0) is 11.2 Å². The van der Waals surface area contributed by atoms with Gasteiger partial charge in [-0.05, 0) is 0 Å². The Morgan fingerprint density at radius 1 is 1.43 bits per heavy atom. The number of aliphatic hydroxyl groups is 2. The first-order valence-corrected chi connectivity index (χ1v) is 5.94. The van der Waals surface area contributed by atoms with Crippen LogP contribution in [-0.4, -0.2) is 50.0 Å². The van der Waals surface area contributed by atoms with E-state index in [0.717, 1.165) is 0 Å². The van der Waals surface area contributed by atoms with Crippen molar-refractivity contribution in [2.24, 2.45) is 0 Å². The summed E-state index contributed by atoms with van der Waals surface area (Å²) in [5.41, 5.74) is -3.17. The van der Waals surface area contributed by atoms with Crippen LogP contribution in [0.2, 0.25) is 0 Å². The zero-order valence-corrected chi connectivity index (χ0v) is 10.5. The molecule has 0 saturated carbocycles. The molecule has 118 valence electrons. The van der Waals surface area contributed by atoms with E-state index in [1.807, 2.05) is 0 Å². The quantitative estimate of drug-likeness (QED) is 0.637. The lowest BCUT2D eigenvalue weighted by molar-refractivity contribution is -0.128. The Morgan fingerprint density at radius 2 is 2.10 bits per heavy atom. The number of nitrogens with zero attached hydrogens (tertiary/aromatic N) is 2. The molecule has 1 saturated heterocycles. The number of H-pyrrole nitrogens is 1. The normalized spacial score (nSPS) is 26.2. The molecular formula is C10H12F3N3O5. The first kappa shape index (κ1) is 15.7. The molecule has 1 aromatic heterocycles. The van der Waals surface area contributed by atoms with Crippen LogP contribution in [0.3, 0.4) is 0 Å². The van der Waals surface area contributed by atoms with Gasteiger partial charge in [0.2, 0.25) is 0 Å². The van der Waals surface area contributed by atoms with E-state index in [4.69, 9.17) is 9.84 Å². The molecule has 0 aromatic carbocycles. The molecule has 1 aliphatic heterocycles. The van der Waals surface area contributed by atoms with Crippen molar-refractivity contribution in [2.75, 3.05) is 6.61 Å². The molecule has 0 spiro atoms. The average Bonchev–Trinajstić information content (AvgIpc) is 2.72. The number of ether oxygens (including phenoxy) is 1. The van der Waals surface area contributed by atoms with Gasteiger partial charge >= 0.3 is 11.9 Å². The number of nitrogens with one attached hydrogen (secondary N) is 1. The molecule has 0 radical (unpaired) electrons. The van der Waals surface area contributed by atoms with E-state index in [9.17, 15) is 27.9 Å². The van der Waals surface area contributed by atoms with Crippen molar-refractivity contribution in [3.63, 3.8) is 0 Å². The van der Waals surface area contributed by atoms with Crippen molar-refractivity contribution in [3.05, 3.63) is 26.5 Å². The van der Waals surface area contributed by atoms with Gasteiger partial charge in [0.1, 0.15) is 11.8 Å². The molecule has 0 bridgehead atoms. The lowest BCUT2D eigenvalue weighted by atomic mass is 10.2. The van der Waals surface area contributed by atoms with Crippen LogP contribution in [0.25, 0.3) is 0 Å². The first-order valence-electron chi connectivity index (χ1n) is 5.94. The van der Waals surface area contributed by atoms with Gasteiger partial charge in [-0.3, -0.25) is 9.78 Å². The number of aromatic amines is 1. The Bertz CT molecular complexity index is 626.